The summed E-state index contributed by atoms with van der Waals surface area (Å²) in [6.07, 6.45) is 4.77. The van der Waals surface area contributed by atoms with Crippen molar-refractivity contribution < 1.29 is 4.79 Å². The second-order valence-electron chi connectivity index (χ2n) is 6.33. The molecule has 0 aromatic heterocycles. The number of carbonyl (C=O) groups excluding carboxylic acids is 1. The third-order valence-corrected chi connectivity index (χ3v) is 3.39. The van der Waals surface area contributed by atoms with Gasteiger partial charge in [-0.2, -0.15) is 0 Å². The second-order valence-corrected chi connectivity index (χ2v) is 6.33. The minimum Gasteiger partial charge on any atom is -0.330 e. The molecule has 1 amide bonds. The van der Waals surface area contributed by atoms with E-state index in [4.69, 9.17) is 5.73 Å². The van der Waals surface area contributed by atoms with E-state index in [1.165, 1.54) is 5.56 Å². The Morgan fingerprint density at radius 2 is 1.62 bits per heavy atom. The normalized spacial score (nSPS) is 10.9. The Balaban J connectivity index is 0.00000400. The van der Waals surface area contributed by atoms with Crippen molar-refractivity contribution in [2.75, 3.05) is 11.9 Å². The highest BCUT2D eigenvalue weighted by Gasteiger charge is 2.13. The molecule has 3 N–H and O–H groups in total. The molecular weight excluding hydrogens is 284 g/mol. The quantitative estimate of drug-likeness (QED) is 0.739. The van der Waals surface area contributed by atoms with Crippen LogP contribution in [0.4, 0.5) is 5.69 Å². The SMILES string of the molecule is CC(C)(C)c1ccc(NC(=O)CCCCCCN)cc1.Cl. The summed E-state index contributed by atoms with van der Waals surface area (Å²) in [6, 6.07) is 8.12. The summed E-state index contributed by atoms with van der Waals surface area (Å²) in [5.74, 6) is 0.0984. The van der Waals surface area contributed by atoms with Crippen LogP contribution in [0.3, 0.4) is 0 Å². The first kappa shape index (κ1) is 19.9. The number of rotatable bonds is 7. The molecule has 4 heteroatoms. The Morgan fingerprint density at radius 3 is 2.14 bits per heavy atom. The van der Waals surface area contributed by atoms with Crippen molar-refractivity contribution in [2.24, 2.45) is 5.73 Å². The standard InChI is InChI=1S/C17H28N2O.ClH/c1-17(2,3)14-9-11-15(12-10-14)19-16(20)8-6-4-5-7-13-18;/h9-12H,4-8,13,18H2,1-3H3,(H,19,20);1H. The van der Waals surface area contributed by atoms with Gasteiger partial charge >= 0.3 is 0 Å². The van der Waals surface area contributed by atoms with E-state index in [-0.39, 0.29) is 23.7 Å². The van der Waals surface area contributed by atoms with Crippen molar-refractivity contribution in [1.29, 1.82) is 0 Å². The minimum atomic E-state index is 0. The summed E-state index contributed by atoms with van der Waals surface area (Å²) in [5, 5.41) is 2.95. The van der Waals surface area contributed by atoms with Gasteiger partial charge in [-0.1, -0.05) is 45.7 Å². The molecule has 0 aliphatic rings. The van der Waals surface area contributed by atoms with Gasteiger partial charge in [-0.3, -0.25) is 4.79 Å². The van der Waals surface area contributed by atoms with Gasteiger partial charge in [0.25, 0.3) is 0 Å². The fourth-order valence-corrected chi connectivity index (χ4v) is 2.06. The third-order valence-electron chi connectivity index (χ3n) is 3.39. The topological polar surface area (TPSA) is 55.1 Å². The van der Waals surface area contributed by atoms with Crippen LogP contribution in [0.2, 0.25) is 0 Å². The van der Waals surface area contributed by atoms with Crippen LogP contribution in [-0.4, -0.2) is 12.5 Å². The van der Waals surface area contributed by atoms with Gasteiger partial charge in [-0.25, -0.2) is 0 Å². The molecule has 0 saturated carbocycles. The Labute approximate surface area is 135 Å². The van der Waals surface area contributed by atoms with Gasteiger partial charge < -0.3 is 11.1 Å². The van der Waals surface area contributed by atoms with Crippen LogP contribution in [0, 0.1) is 0 Å². The lowest BCUT2D eigenvalue weighted by Crippen LogP contribution is -2.13. The zero-order valence-corrected chi connectivity index (χ0v) is 14.3. The molecule has 1 aromatic rings. The fourth-order valence-electron chi connectivity index (χ4n) is 2.06. The van der Waals surface area contributed by atoms with E-state index >= 15 is 0 Å². The van der Waals surface area contributed by atoms with Crippen LogP contribution >= 0.6 is 12.4 Å². The predicted molar refractivity (Wildman–Crippen MR) is 93.2 cm³/mol. The molecule has 0 saturated heterocycles. The van der Waals surface area contributed by atoms with Crippen molar-refractivity contribution >= 4 is 24.0 Å². The van der Waals surface area contributed by atoms with Crippen LogP contribution in [0.15, 0.2) is 24.3 Å². The smallest absolute Gasteiger partial charge is 0.224 e. The highest BCUT2D eigenvalue weighted by atomic mass is 35.5. The zero-order chi connectivity index (χ0) is 15.0. The van der Waals surface area contributed by atoms with Crippen LogP contribution in [0.25, 0.3) is 0 Å². The van der Waals surface area contributed by atoms with E-state index in [1.807, 2.05) is 12.1 Å². The van der Waals surface area contributed by atoms with Crippen molar-refractivity contribution in [3.05, 3.63) is 29.8 Å². The molecule has 120 valence electrons. The molecule has 0 aliphatic carbocycles. The number of nitrogens with one attached hydrogen (secondary N) is 1. The highest BCUT2D eigenvalue weighted by molar-refractivity contribution is 5.90. The molecule has 1 aromatic carbocycles. The monoisotopic (exact) mass is 312 g/mol. The predicted octanol–water partition coefficient (Wildman–Crippen LogP) is 4.25. The summed E-state index contributed by atoms with van der Waals surface area (Å²) in [5.41, 5.74) is 7.74. The molecule has 0 fully saturated rings. The number of amides is 1. The lowest BCUT2D eigenvalue weighted by atomic mass is 9.87. The molecule has 0 radical (unpaired) electrons. The molecule has 0 heterocycles. The number of nitrogens with two attached hydrogens (primary N) is 1. The fraction of sp³-hybridized carbons (Fsp3) is 0.588. The van der Waals surface area contributed by atoms with Crippen molar-refractivity contribution in [1.82, 2.24) is 0 Å². The Morgan fingerprint density at radius 1 is 1.05 bits per heavy atom. The highest BCUT2D eigenvalue weighted by Crippen LogP contribution is 2.23. The molecule has 0 bridgehead atoms. The van der Waals surface area contributed by atoms with Gasteiger partial charge in [0.15, 0.2) is 0 Å². The first-order valence-corrected chi connectivity index (χ1v) is 7.54. The Bertz CT molecular complexity index is 410. The lowest BCUT2D eigenvalue weighted by Gasteiger charge is -2.19. The van der Waals surface area contributed by atoms with Crippen LogP contribution in [-0.2, 0) is 10.2 Å². The Hall–Kier alpha value is -1.06. The van der Waals surface area contributed by atoms with Gasteiger partial charge in [-0.05, 0) is 42.5 Å². The van der Waals surface area contributed by atoms with E-state index in [1.54, 1.807) is 0 Å². The number of anilines is 1. The van der Waals surface area contributed by atoms with E-state index in [0.29, 0.717) is 6.42 Å². The summed E-state index contributed by atoms with van der Waals surface area (Å²) in [7, 11) is 0. The molecular formula is C17H29ClN2O. The van der Waals surface area contributed by atoms with Crippen LogP contribution in [0.1, 0.15) is 58.4 Å². The van der Waals surface area contributed by atoms with Gasteiger partial charge in [0.2, 0.25) is 5.91 Å². The minimum absolute atomic E-state index is 0. The largest absolute Gasteiger partial charge is 0.330 e. The van der Waals surface area contributed by atoms with E-state index in [0.717, 1.165) is 37.9 Å². The lowest BCUT2D eigenvalue weighted by molar-refractivity contribution is -0.116. The molecule has 0 spiro atoms. The first-order chi connectivity index (χ1) is 9.43. The molecule has 0 atom stereocenters. The van der Waals surface area contributed by atoms with Gasteiger partial charge in [0, 0.05) is 12.1 Å². The number of benzene rings is 1. The number of halogens is 1. The summed E-state index contributed by atoms with van der Waals surface area (Å²) >= 11 is 0. The average Bonchev–Trinajstić information content (AvgIpc) is 2.38. The van der Waals surface area contributed by atoms with E-state index in [2.05, 4.69) is 38.2 Å². The molecule has 0 unspecified atom stereocenters. The van der Waals surface area contributed by atoms with Crippen LogP contribution in [0.5, 0.6) is 0 Å². The number of hydrogen-bond donors (Lipinski definition) is 2. The second kappa shape index (κ2) is 9.80. The van der Waals surface area contributed by atoms with Gasteiger partial charge in [0.05, 0.1) is 0 Å². The van der Waals surface area contributed by atoms with E-state index in [9.17, 15) is 4.79 Å². The molecule has 3 nitrogen and oxygen atoms in total. The molecule has 1 rings (SSSR count). The maximum atomic E-state index is 11.8. The van der Waals surface area contributed by atoms with Gasteiger partial charge in [0.1, 0.15) is 0 Å². The van der Waals surface area contributed by atoms with Crippen molar-refractivity contribution in [3.63, 3.8) is 0 Å². The van der Waals surface area contributed by atoms with Gasteiger partial charge in [-0.15, -0.1) is 12.4 Å². The number of carbonyl (C=O) groups is 1. The maximum Gasteiger partial charge on any atom is 0.224 e. The van der Waals surface area contributed by atoms with Crippen molar-refractivity contribution in [2.45, 2.75) is 58.3 Å². The first-order valence-electron chi connectivity index (χ1n) is 7.54. The van der Waals surface area contributed by atoms with Crippen molar-refractivity contribution in [3.8, 4) is 0 Å². The summed E-state index contributed by atoms with van der Waals surface area (Å²) < 4.78 is 0. The molecule has 0 aliphatic heterocycles. The summed E-state index contributed by atoms with van der Waals surface area (Å²) in [6.45, 7) is 7.29. The number of unbranched alkanes of at least 4 members (excludes halogenated alkanes) is 3. The zero-order valence-electron chi connectivity index (χ0n) is 13.4. The third kappa shape index (κ3) is 8.08. The van der Waals surface area contributed by atoms with E-state index < -0.39 is 0 Å². The number of hydrogen-bond acceptors (Lipinski definition) is 2. The summed E-state index contributed by atoms with van der Waals surface area (Å²) in [4.78, 5) is 11.8. The molecule has 21 heavy (non-hydrogen) atoms. The average molecular weight is 313 g/mol. The Kier molecular flexibility index (Phi) is 9.31. The van der Waals surface area contributed by atoms with Crippen LogP contribution < -0.4 is 11.1 Å². The maximum absolute atomic E-state index is 11.8.